The smallest absolute Gasteiger partial charge is 0.0453 e. The summed E-state index contributed by atoms with van der Waals surface area (Å²) >= 11 is 12.1. The highest BCUT2D eigenvalue weighted by Crippen LogP contribution is 2.21. The van der Waals surface area contributed by atoms with Gasteiger partial charge in [-0.05, 0) is 57.5 Å². The van der Waals surface area contributed by atoms with Crippen LogP contribution in [0.3, 0.4) is 0 Å². The zero-order chi connectivity index (χ0) is 13.8. The van der Waals surface area contributed by atoms with E-state index in [2.05, 4.69) is 24.1 Å². The molecule has 0 spiro atoms. The van der Waals surface area contributed by atoms with Crippen LogP contribution in [0.15, 0.2) is 18.2 Å². The first-order chi connectivity index (χ1) is 9.06. The van der Waals surface area contributed by atoms with Crippen molar-refractivity contribution in [1.29, 1.82) is 0 Å². The molecule has 19 heavy (non-hydrogen) atoms. The fourth-order valence-corrected chi connectivity index (χ4v) is 3.06. The van der Waals surface area contributed by atoms with Crippen LogP contribution in [0, 0.1) is 0 Å². The summed E-state index contributed by atoms with van der Waals surface area (Å²) in [6.07, 6.45) is 2.20. The molecule has 2 nitrogen and oxygen atoms in total. The molecule has 0 radical (unpaired) electrons. The van der Waals surface area contributed by atoms with E-state index in [-0.39, 0.29) is 0 Å². The van der Waals surface area contributed by atoms with Gasteiger partial charge < -0.3 is 5.32 Å². The summed E-state index contributed by atoms with van der Waals surface area (Å²) < 4.78 is 0. The lowest BCUT2D eigenvalue weighted by molar-refractivity contribution is 0.268. The van der Waals surface area contributed by atoms with Crippen molar-refractivity contribution in [2.24, 2.45) is 0 Å². The summed E-state index contributed by atoms with van der Waals surface area (Å²) in [6, 6.07) is 7.00. The topological polar surface area (TPSA) is 15.3 Å². The summed E-state index contributed by atoms with van der Waals surface area (Å²) in [5.74, 6) is 0. The molecule has 1 aliphatic heterocycles. The van der Waals surface area contributed by atoms with E-state index in [0.717, 1.165) is 30.1 Å². The second kappa shape index (κ2) is 6.94. The average molecular weight is 301 g/mol. The van der Waals surface area contributed by atoms with Crippen LogP contribution >= 0.6 is 23.2 Å². The fourth-order valence-electron chi connectivity index (χ4n) is 2.56. The summed E-state index contributed by atoms with van der Waals surface area (Å²) in [4.78, 5) is 2.52. The number of hydrogen-bond acceptors (Lipinski definition) is 2. The maximum Gasteiger partial charge on any atom is 0.0453 e. The van der Waals surface area contributed by atoms with Gasteiger partial charge in [-0.15, -0.1) is 0 Å². The van der Waals surface area contributed by atoms with Crippen LogP contribution in [0.4, 0.5) is 0 Å². The van der Waals surface area contributed by atoms with Gasteiger partial charge in [0.2, 0.25) is 0 Å². The van der Waals surface area contributed by atoms with Gasteiger partial charge in [0.25, 0.3) is 0 Å². The Kier molecular flexibility index (Phi) is 5.52. The molecule has 4 heteroatoms. The predicted molar refractivity (Wildman–Crippen MR) is 83.3 cm³/mol. The number of hydrogen-bond donors (Lipinski definition) is 1. The lowest BCUT2D eigenvalue weighted by Crippen LogP contribution is -2.36. The molecule has 0 bridgehead atoms. The number of nitrogens with one attached hydrogen (secondary N) is 1. The Morgan fingerprint density at radius 2 is 2.16 bits per heavy atom. The molecule has 1 aromatic carbocycles. The van der Waals surface area contributed by atoms with E-state index in [1.165, 1.54) is 13.0 Å². The van der Waals surface area contributed by atoms with E-state index >= 15 is 0 Å². The number of benzene rings is 1. The van der Waals surface area contributed by atoms with Crippen molar-refractivity contribution >= 4 is 23.2 Å². The van der Waals surface area contributed by atoms with Gasteiger partial charge in [-0.3, -0.25) is 4.90 Å². The normalized spacial score (nSPS) is 20.4. The third kappa shape index (κ3) is 4.35. The Hall–Kier alpha value is -0.280. The molecular weight excluding hydrogens is 279 g/mol. The van der Waals surface area contributed by atoms with Gasteiger partial charge in [-0.1, -0.05) is 29.3 Å². The lowest BCUT2D eigenvalue weighted by atomic mass is 10.1. The average Bonchev–Trinajstić information content (AvgIpc) is 2.81. The first-order valence-electron chi connectivity index (χ1n) is 6.97. The van der Waals surface area contributed by atoms with Crippen LogP contribution in [0.25, 0.3) is 0 Å². The zero-order valence-electron chi connectivity index (χ0n) is 11.6. The molecule has 1 aliphatic rings. The monoisotopic (exact) mass is 300 g/mol. The van der Waals surface area contributed by atoms with Crippen molar-refractivity contribution < 1.29 is 0 Å². The van der Waals surface area contributed by atoms with Gasteiger partial charge in [0.05, 0.1) is 0 Å². The summed E-state index contributed by atoms with van der Waals surface area (Å²) in [5, 5.41) is 5.09. The Morgan fingerprint density at radius 1 is 1.37 bits per heavy atom. The molecule has 0 saturated carbocycles. The van der Waals surface area contributed by atoms with Gasteiger partial charge >= 0.3 is 0 Å². The van der Waals surface area contributed by atoms with Gasteiger partial charge in [0.1, 0.15) is 0 Å². The third-order valence-corrected chi connectivity index (χ3v) is 4.38. The molecule has 1 fully saturated rings. The Balaban J connectivity index is 1.75. The first kappa shape index (κ1) is 15.1. The quantitative estimate of drug-likeness (QED) is 0.894. The van der Waals surface area contributed by atoms with E-state index < -0.39 is 0 Å². The number of likely N-dealkylation sites (tertiary alicyclic amines) is 1. The second-order valence-electron chi connectivity index (χ2n) is 5.51. The molecule has 106 valence electrons. The largest absolute Gasteiger partial charge is 0.312 e. The number of nitrogens with zero attached hydrogens (tertiary/aromatic N) is 1. The maximum atomic E-state index is 6.17. The molecule has 2 rings (SSSR count). The van der Waals surface area contributed by atoms with Crippen molar-refractivity contribution in [3.8, 4) is 0 Å². The van der Waals surface area contributed by atoms with E-state index in [9.17, 15) is 0 Å². The Labute approximate surface area is 126 Å². The summed E-state index contributed by atoms with van der Waals surface area (Å²) in [7, 11) is 0. The van der Waals surface area contributed by atoms with E-state index in [0.29, 0.717) is 17.1 Å². The lowest BCUT2D eigenvalue weighted by Gasteiger charge is -2.20. The molecule has 1 atom stereocenters. The molecule has 0 aromatic heterocycles. The molecule has 1 heterocycles. The van der Waals surface area contributed by atoms with Crippen LogP contribution in [0.2, 0.25) is 10.0 Å². The van der Waals surface area contributed by atoms with Gasteiger partial charge in [-0.25, -0.2) is 0 Å². The van der Waals surface area contributed by atoms with Crippen LogP contribution in [-0.2, 0) is 6.42 Å². The number of halogens is 2. The Morgan fingerprint density at radius 3 is 2.79 bits per heavy atom. The molecular formula is C15H22Cl2N2. The minimum atomic E-state index is 0.619. The first-order valence-corrected chi connectivity index (χ1v) is 7.73. The minimum Gasteiger partial charge on any atom is -0.312 e. The SMILES string of the molecule is CC(C)N1CCC(NCCc2ccc(Cl)cc2Cl)C1. The van der Waals surface area contributed by atoms with Crippen LogP contribution < -0.4 is 5.32 Å². The van der Waals surface area contributed by atoms with Crippen molar-refractivity contribution in [2.75, 3.05) is 19.6 Å². The predicted octanol–water partition coefficient (Wildman–Crippen LogP) is 3.61. The summed E-state index contributed by atoms with van der Waals surface area (Å²) in [6.45, 7) is 7.85. The molecule has 0 aliphatic carbocycles. The summed E-state index contributed by atoms with van der Waals surface area (Å²) in [5.41, 5.74) is 1.16. The molecule has 1 aromatic rings. The standard InChI is InChI=1S/C15H22Cl2N2/c1-11(2)19-8-6-14(10-19)18-7-5-12-3-4-13(16)9-15(12)17/h3-4,9,11,14,18H,5-8,10H2,1-2H3. The van der Waals surface area contributed by atoms with Crippen LogP contribution in [0.5, 0.6) is 0 Å². The van der Waals surface area contributed by atoms with Crippen molar-refractivity contribution in [1.82, 2.24) is 10.2 Å². The van der Waals surface area contributed by atoms with Gasteiger partial charge in [0.15, 0.2) is 0 Å². The highest BCUT2D eigenvalue weighted by Gasteiger charge is 2.23. The second-order valence-corrected chi connectivity index (χ2v) is 6.36. The molecule has 1 saturated heterocycles. The molecule has 1 unspecified atom stereocenters. The highest BCUT2D eigenvalue weighted by atomic mass is 35.5. The molecule has 0 amide bonds. The van der Waals surface area contributed by atoms with E-state index in [1.807, 2.05) is 18.2 Å². The van der Waals surface area contributed by atoms with Gasteiger partial charge in [-0.2, -0.15) is 0 Å². The van der Waals surface area contributed by atoms with Crippen LogP contribution in [0.1, 0.15) is 25.8 Å². The maximum absolute atomic E-state index is 6.17. The van der Waals surface area contributed by atoms with E-state index in [1.54, 1.807) is 0 Å². The fraction of sp³-hybridized carbons (Fsp3) is 0.600. The Bertz CT molecular complexity index is 421. The highest BCUT2D eigenvalue weighted by molar-refractivity contribution is 6.35. The number of rotatable bonds is 5. The minimum absolute atomic E-state index is 0.619. The van der Waals surface area contributed by atoms with Crippen molar-refractivity contribution in [2.45, 2.75) is 38.8 Å². The third-order valence-electron chi connectivity index (χ3n) is 3.79. The van der Waals surface area contributed by atoms with Crippen LogP contribution in [-0.4, -0.2) is 36.6 Å². The molecule has 1 N–H and O–H groups in total. The van der Waals surface area contributed by atoms with Crippen molar-refractivity contribution in [3.05, 3.63) is 33.8 Å². The van der Waals surface area contributed by atoms with Gasteiger partial charge in [0, 0.05) is 28.7 Å². The zero-order valence-corrected chi connectivity index (χ0v) is 13.1. The van der Waals surface area contributed by atoms with E-state index in [4.69, 9.17) is 23.2 Å². The van der Waals surface area contributed by atoms with Crippen molar-refractivity contribution in [3.63, 3.8) is 0 Å².